The summed E-state index contributed by atoms with van der Waals surface area (Å²) < 4.78 is 41.6. The molecule has 28 heavy (non-hydrogen) atoms. The van der Waals surface area contributed by atoms with E-state index in [4.69, 9.17) is 8.85 Å². The number of alkyl halides is 1. The van der Waals surface area contributed by atoms with E-state index >= 15 is 0 Å². The summed E-state index contributed by atoms with van der Waals surface area (Å²) in [4.78, 5) is 21.0. The molecule has 3 aromatic rings. The largest absolute Gasteiger partial charge is 0.480 e. The molecule has 3 aromatic heterocycles. The third-order valence-corrected chi connectivity index (χ3v) is 4.35. The number of hydrogen-bond donors (Lipinski definition) is 3. The number of nitrogens with one attached hydrogen (secondary N) is 3. The minimum absolute atomic E-state index is 0.118. The van der Waals surface area contributed by atoms with Crippen molar-refractivity contribution in [2.24, 2.45) is 0 Å². The van der Waals surface area contributed by atoms with E-state index in [1.54, 1.807) is 26.1 Å². The number of amides is 1. The van der Waals surface area contributed by atoms with Crippen LogP contribution in [0.15, 0.2) is 24.5 Å². The average Bonchev–Trinajstić information content (AvgIpc) is 3.20. The molecule has 1 fully saturated rings. The van der Waals surface area contributed by atoms with E-state index in [2.05, 4.69) is 31.0 Å². The zero-order valence-corrected chi connectivity index (χ0v) is 15.2. The Labute approximate surface area is 164 Å². The molecule has 0 bridgehead atoms. The first-order chi connectivity index (χ1) is 14.6. The zero-order valence-electron chi connectivity index (χ0n) is 18.2. The van der Waals surface area contributed by atoms with Gasteiger partial charge >= 0.3 is 0 Å². The van der Waals surface area contributed by atoms with Gasteiger partial charge in [-0.1, -0.05) is 0 Å². The van der Waals surface area contributed by atoms with Crippen LogP contribution in [0.5, 0.6) is 5.88 Å². The van der Waals surface area contributed by atoms with Gasteiger partial charge in [0.1, 0.15) is 29.1 Å². The number of anilines is 3. The summed E-state index contributed by atoms with van der Waals surface area (Å²) in [6.45, 7) is 1.79. The van der Waals surface area contributed by atoms with Gasteiger partial charge in [-0.25, -0.2) is 14.4 Å². The highest BCUT2D eigenvalue weighted by Crippen LogP contribution is 2.28. The average molecular weight is 388 g/mol. The van der Waals surface area contributed by atoms with Gasteiger partial charge in [0, 0.05) is 25.7 Å². The molecule has 1 aliphatic rings. The van der Waals surface area contributed by atoms with Gasteiger partial charge in [0.2, 0.25) is 5.88 Å². The Morgan fingerprint density at radius 2 is 2.25 bits per heavy atom. The van der Waals surface area contributed by atoms with Crippen molar-refractivity contribution in [1.82, 2.24) is 24.9 Å². The second-order valence-corrected chi connectivity index (χ2v) is 6.49. The first kappa shape index (κ1) is 14.6. The molecule has 3 N–H and O–H groups in total. The van der Waals surface area contributed by atoms with E-state index in [1.807, 2.05) is 0 Å². The molecule has 0 aliphatic heterocycles. The fourth-order valence-corrected chi connectivity index (χ4v) is 2.79. The number of aromatic nitrogens is 4. The number of pyridine rings is 1. The van der Waals surface area contributed by atoms with Gasteiger partial charge in [0.15, 0.2) is 5.65 Å². The number of halogens is 1. The minimum Gasteiger partial charge on any atom is -0.480 e. The van der Waals surface area contributed by atoms with Gasteiger partial charge in [-0.3, -0.25) is 4.79 Å². The lowest BCUT2D eigenvalue weighted by molar-refractivity contribution is 0.0949. The molecule has 1 saturated carbocycles. The predicted molar refractivity (Wildman–Crippen MR) is 102 cm³/mol. The summed E-state index contributed by atoms with van der Waals surface area (Å²) in [5.74, 6) is 0.215. The molecule has 146 valence electrons. The fraction of sp³-hybridized carbons (Fsp3) is 0.333. The Hall–Kier alpha value is -3.43. The number of methoxy groups -OCH3 is 1. The highest BCUT2D eigenvalue weighted by atomic mass is 19.1. The van der Waals surface area contributed by atoms with Gasteiger partial charge in [0.05, 0.1) is 23.4 Å². The van der Waals surface area contributed by atoms with Crippen molar-refractivity contribution < 1.29 is 18.0 Å². The smallest absolute Gasteiger partial charge is 0.257 e. The second-order valence-electron chi connectivity index (χ2n) is 6.49. The lowest BCUT2D eigenvalue weighted by atomic mass is 10.3. The number of nitrogens with zero attached hydrogens (tertiary/aromatic N) is 4. The standard InChI is InChI=1S/C18H20FN7O2/c1-9-4-13(18(28-3)21-7-9)23-14-6-15(20-2)26-16(25-14)10(8-22-26)17(27)24-12-5-11(12)19/h4,6-8,11-12,20H,5H2,1-3H3,(H,23,25)(H,24,27)/t11-,12+/m1/s1/i3D3. The van der Waals surface area contributed by atoms with Crippen molar-refractivity contribution in [3.05, 3.63) is 35.7 Å². The molecule has 9 nitrogen and oxygen atoms in total. The monoisotopic (exact) mass is 388 g/mol. The number of ether oxygens (including phenoxy) is 1. The van der Waals surface area contributed by atoms with Crippen LogP contribution in [-0.2, 0) is 0 Å². The van der Waals surface area contributed by atoms with Crippen LogP contribution in [0.3, 0.4) is 0 Å². The highest BCUT2D eigenvalue weighted by molar-refractivity contribution is 6.00. The summed E-state index contributed by atoms with van der Waals surface area (Å²) in [6.07, 6.45) is 2.10. The van der Waals surface area contributed by atoms with Crippen LogP contribution in [0.25, 0.3) is 5.65 Å². The molecule has 0 aromatic carbocycles. The summed E-state index contributed by atoms with van der Waals surface area (Å²) >= 11 is 0. The third kappa shape index (κ3) is 3.28. The number of fused-ring (bicyclic) bond motifs is 1. The van der Waals surface area contributed by atoms with Crippen molar-refractivity contribution in [1.29, 1.82) is 0 Å². The van der Waals surface area contributed by atoms with Crippen LogP contribution in [0, 0.1) is 6.92 Å². The second kappa shape index (κ2) is 6.95. The van der Waals surface area contributed by atoms with Gasteiger partial charge in [-0.2, -0.15) is 9.61 Å². The van der Waals surface area contributed by atoms with E-state index in [0.717, 1.165) is 5.56 Å². The number of carbonyl (C=O) groups excluding carboxylic acids is 1. The van der Waals surface area contributed by atoms with Crippen molar-refractivity contribution in [2.45, 2.75) is 25.6 Å². The molecule has 3 heterocycles. The zero-order chi connectivity index (χ0) is 22.3. The maximum absolute atomic E-state index is 13.2. The van der Waals surface area contributed by atoms with Crippen LogP contribution in [0.4, 0.5) is 21.7 Å². The molecule has 0 spiro atoms. The maximum Gasteiger partial charge on any atom is 0.257 e. The normalized spacial score (nSPS) is 20.0. The van der Waals surface area contributed by atoms with Crippen molar-refractivity contribution in [2.75, 3.05) is 24.7 Å². The molecule has 0 radical (unpaired) electrons. The number of rotatable bonds is 6. The summed E-state index contributed by atoms with van der Waals surface area (Å²) in [6, 6.07) is 2.80. The Balaban J connectivity index is 1.71. The molecule has 0 unspecified atom stereocenters. The summed E-state index contributed by atoms with van der Waals surface area (Å²) in [7, 11) is -1.00. The van der Waals surface area contributed by atoms with E-state index < -0.39 is 25.2 Å². The fourth-order valence-electron chi connectivity index (χ4n) is 2.79. The van der Waals surface area contributed by atoms with E-state index in [0.29, 0.717) is 23.7 Å². The SMILES string of the molecule is [2H]C([2H])([2H])Oc1ncc(C)cc1Nc1cc(NC)n2ncc(C(=O)N[C@H]3C[C@H]3F)c2n1. The highest BCUT2D eigenvalue weighted by Gasteiger charge is 2.39. The number of aryl methyl sites for hydroxylation is 1. The molecule has 2 atom stereocenters. The molecule has 10 heteroatoms. The molecular weight excluding hydrogens is 365 g/mol. The molecule has 1 amide bonds. The molecule has 1 aliphatic carbocycles. The maximum atomic E-state index is 13.2. The van der Waals surface area contributed by atoms with Crippen LogP contribution in [0.1, 0.15) is 26.5 Å². The van der Waals surface area contributed by atoms with E-state index in [1.165, 1.54) is 16.9 Å². The third-order valence-electron chi connectivity index (χ3n) is 4.35. The van der Waals surface area contributed by atoms with Gasteiger partial charge < -0.3 is 20.7 Å². The summed E-state index contributed by atoms with van der Waals surface area (Å²) in [5, 5.41) is 12.8. The molecule has 4 rings (SSSR count). The van der Waals surface area contributed by atoms with Gasteiger partial charge in [-0.05, 0) is 18.6 Å². The van der Waals surface area contributed by atoms with Crippen molar-refractivity contribution >= 4 is 28.9 Å². The van der Waals surface area contributed by atoms with Crippen LogP contribution >= 0.6 is 0 Å². The molecule has 0 saturated heterocycles. The first-order valence-electron chi connectivity index (χ1n) is 10.1. The Morgan fingerprint density at radius 1 is 1.43 bits per heavy atom. The summed E-state index contributed by atoms with van der Waals surface area (Å²) in [5.41, 5.74) is 1.48. The quantitative estimate of drug-likeness (QED) is 0.594. The Kier molecular flexibility index (Phi) is 3.62. The van der Waals surface area contributed by atoms with Crippen molar-refractivity contribution in [3.63, 3.8) is 0 Å². The first-order valence-corrected chi connectivity index (χ1v) is 8.59. The minimum atomic E-state index is -2.68. The predicted octanol–water partition coefficient (Wildman–Crippen LogP) is 2.07. The topological polar surface area (TPSA) is 105 Å². The van der Waals surface area contributed by atoms with Crippen LogP contribution in [-0.4, -0.2) is 51.8 Å². The lowest BCUT2D eigenvalue weighted by Crippen LogP contribution is -2.27. The van der Waals surface area contributed by atoms with Crippen LogP contribution in [0.2, 0.25) is 0 Å². The lowest BCUT2D eigenvalue weighted by Gasteiger charge is -2.12. The van der Waals surface area contributed by atoms with Gasteiger partial charge in [0.25, 0.3) is 5.91 Å². The van der Waals surface area contributed by atoms with E-state index in [9.17, 15) is 9.18 Å². The number of hydrogen-bond acceptors (Lipinski definition) is 7. The van der Waals surface area contributed by atoms with Gasteiger partial charge in [-0.15, -0.1) is 0 Å². The number of carbonyl (C=O) groups is 1. The van der Waals surface area contributed by atoms with Crippen molar-refractivity contribution in [3.8, 4) is 5.88 Å². The van der Waals surface area contributed by atoms with Crippen LogP contribution < -0.4 is 20.7 Å². The Bertz CT molecular complexity index is 1150. The van der Waals surface area contributed by atoms with E-state index in [-0.39, 0.29) is 17.1 Å². The molecular formula is C18H20FN7O2. The Morgan fingerprint density at radius 3 is 2.96 bits per heavy atom.